The summed E-state index contributed by atoms with van der Waals surface area (Å²) in [5.74, 6) is -12.6. The Morgan fingerprint density at radius 2 is 1.08 bits per heavy atom. The molecule has 3 rings (SSSR count). The molecule has 0 aromatic carbocycles. The third-order valence-corrected chi connectivity index (χ3v) is 13.1. The number of amides is 5. The Balaban J connectivity index is 0.985. The van der Waals surface area contributed by atoms with Crippen molar-refractivity contribution in [3.05, 3.63) is 11.9 Å². The lowest BCUT2D eigenvalue weighted by Gasteiger charge is -2.36. The number of nitrogens with one attached hydrogen (secondary N) is 5. The maximum Gasteiger partial charge on any atom is 0.457 e. The summed E-state index contributed by atoms with van der Waals surface area (Å²) in [7, 11) is 0. The number of urea groups is 1. The fraction of sp³-hybridized carbons (Fsp3) is 0.878. The van der Waals surface area contributed by atoms with E-state index in [1.807, 2.05) is 11.8 Å². The average Bonchev–Trinajstić information content (AvgIpc) is 1.08. The number of carbonyl (C=O) groups is 4. The highest BCUT2D eigenvalue weighted by atomic mass is 32.2. The molecule has 0 aliphatic carbocycles. The first-order valence-corrected chi connectivity index (χ1v) is 28.6. The van der Waals surface area contributed by atoms with Gasteiger partial charge in [0, 0.05) is 50.4 Å². The number of rotatable bonds is 53. The van der Waals surface area contributed by atoms with E-state index in [-0.39, 0.29) is 122 Å². The Morgan fingerprint density at radius 3 is 1.58 bits per heavy atom. The van der Waals surface area contributed by atoms with E-state index in [4.69, 9.17) is 52.1 Å². The third-order valence-electron chi connectivity index (χ3n) is 11.6. The van der Waals surface area contributed by atoms with Crippen LogP contribution in [0.5, 0.6) is 0 Å². The van der Waals surface area contributed by atoms with Crippen molar-refractivity contribution in [2.75, 3.05) is 171 Å². The van der Waals surface area contributed by atoms with Gasteiger partial charge in [0.05, 0.1) is 170 Å². The van der Waals surface area contributed by atoms with Gasteiger partial charge >= 0.3 is 30.3 Å². The number of fused-ring (bicyclic) bond motifs is 1. The van der Waals surface area contributed by atoms with Crippen molar-refractivity contribution in [2.45, 2.75) is 106 Å². The van der Waals surface area contributed by atoms with Crippen molar-refractivity contribution < 1.29 is 129 Å². The first-order chi connectivity index (χ1) is 40.9. The third kappa shape index (κ3) is 32.9. The second-order valence-electron chi connectivity index (χ2n) is 18.8. The highest BCUT2D eigenvalue weighted by molar-refractivity contribution is 8.00. The van der Waals surface area contributed by atoms with Gasteiger partial charge in [0.2, 0.25) is 17.9 Å². The molecule has 2 fully saturated rings. The Labute approximate surface area is 493 Å². The summed E-state index contributed by atoms with van der Waals surface area (Å²) in [6.07, 6.45) is -18.9. The van der Waals surface area contributed by atoms with E-state index < -0.39 is 62.0 Å². The molecule has 5 atom stereocenters. The van der Waals surface area contributed by atoms with Crippen molar-refractivity contribution in [2.24, 2.45) is 0 Å². The minimum atomic E-state index is -6.88. The van der Waals surface area contributed by atoms with Crippen LogP contribution in [0.3, 0.4) is 0 Å². The summed E-state index contributed by atoms with van der Waals surface area (Å²) in [6.45, 7) is 2.35. The van der Waals surface area contributed by atoms with Crippen LogP contribution >= 0.6 is 11.8 Å². The van der Waals surface area contributed by atoms with Crippen LogP contribution < -0.4 is 26.6 Å². The molecular formula is C49H79F11N8O17S. The van der Waals surface area contributed by atoms with Gasteiger partial charge in [-0.15, -0.1) is 5.10 Å². The molecule has 500 valence electrons. The highest BCUT2D eigenvalue weighted by Gasteiger charge is 2.76. The van der Waals surface area contributed by atoms with Crippen molar-refractivity contribution in [1.82, 2.24) is 41.6 Å². The number of carbonyl (C=O) groups excluding carboxylic acids is 4. The fourth-order valence-electron chi connectivity index (χ4n) is 7.34. The van der Waals surface area contributed by atoms with Crippen molar-refractivity contribution in [3.8, 4) is 0 Å². The van der Waals surface area contributed by atoms with Crippen LogP contribution in [0.25, 0.3) is 0 Å². The molecule has 2 aliphatic heterocycles. The van der Waals surface area contributed by atoms with Gasteiger partial charge < -0.3 is 83.4 Å². The smallest absolute Gasteiger partial charge is 0.379 e. The van der Waals surface area contributed by atoms with Gasteiger partial charge in [-0.1, -0.05) is 11.6 Å². The maximum absolute atomic E-state index is 14.3. The molecule has 2 unspecified atom stereocenters. The molecule has 0 radical (unpaired) electrons. The normalized spacial score (nSPS) is 17.5. The van der Waals surface area contributed by atoms with Crippen LogP contribution in [0.4, 0.5) is 53.1 Å². The minimum Gasteiger partial charge on any atom is -0.379 e. The SMILES string of the molecule is CC(F)(F)COC(F)(C(F)(F)F)C(F)(F)OC(C(=O)NCCOCCOCCOCCOCCOCCNC(=O)CCOCCOCCOCCOCCOCc1cn(CCOCCNC(=O)CCCC[C@@H]2SC[C@H]3NC(=O)N[C@@H]23)nn1)C(F)(F)F. The van der Waals surface area contributed by atoms with Gasteiger partial charge in [0.1, 0.15) is 12.3 Å². The molecule has 0 spiro atoms. The quantitative estimate of drug-likeness (QED) is 0.0356. The fourth-order valence-corrected chi connectivity index (χ4v) is 8.89. The molecule has 86 heavy (non-hydrogen) atoms. The van der Waals surface area contributed by atoms with Crippen molar-refractivity contribution in [3.63, 3.8) is 0 Å². The minimum absolute atomic E-state index is 0.000922. The van der Waals surface area contributed by atoms with E-state index in [0.717, 1.165) is 25.0 Å². The summed E-state index contributed by atoms with van der Waals surface area (Å²) >= 11 is 1.87. The Hall–Kier alpha value is -4.12. The van der Waals surface area contributed by atoms with Crippen LogP contribution in [0.1, 0.15) is 44.7 Å². The standard InChI is InChI=1S/C49H79F11N8O17S/c1-45(50,51)35-84-47(55,48(56,57)58)49(59,60)85-42(46(52,53)54)43(71)63-9-14-76-18-21-79-24-27-80-26-23-78-20-17-75-13-8-62-40(70)6-11-73-16-19-77-22-25-81-28-29-82-30-31-83-33-36-32-68(67-66-36)10-15-74-12-7-61-39(69)5-3-2-4-38-41-37(34-86-38)64-44(72)65-41/h32,37-38,41-42H,2-31,33-35H2,1H3,(H,61,69)(H,62,70)(H,63,71)(H2,64,65,72)/t37-,38+,41-,42?,47?/m1/s1. The number of aromatic nitrogens is 3. The van der Waals surface area contributed by atoms with Gasteiger partial charge in [-0.25, -0.2) is 18.3 Å². The maximum atomic E-state index is 14.3. The molecular weight excluding hydrogens is 1210 g/mol. The van der Waals surface area contributed by atoms with Gasteiger partial charge in [-0.2, -0.15) is 51.3 Å². The molecule has 5 N–H and O–H groups in total. The van der Waals surface area contributed by atoms with Gasteiger partial charge in [0.25, 0.3) is 11.8 Å². The number of halogens is 11. The van der Waals surface area contributed by atoms with E-state index in [2.05, 4.69) is 41.1 Å². The lowest BCUT2D eigenvalue weighted by Crippen LogP contribution is -2.62. The number of ether oxygens (including phenoxy) is 13. The lowest BCUT2D eigenvalue weighted by atomic mass is 10.0. The van der Waals surface area contributed by atoms with Crippen LogP contribution in [0.15, 0.2) is 6.20 Å². The summed E-state index contributed by atoms with van der Waals surface area (Å²) in [5.41, 5.74) is 0.674. The Kier molecular flexibility index (Phi) is 37.2. The largest absolute Gasteiger partial charge is 0.457 e. The van der Waals surface area contributed by atoms with Crippen molar-refractivity contribution >= 4 is 35.5 Å². The topological polar surface area (TPSA) is 279 Å². The van der Waals surface area contributed by atoms with Crippen LogP contribution in [-0.2, 0) is 89.1 Å². The first-order valence-electron chi connectivity index (χ1n) is 27.6. The molecule has 1 aromatic rings. The second kappa shape index (κ2) is 42.0. The number of alkyl halides is 11. The molecule has 3 heterocycles. The summed E-state index contributed by atoms with van der Waals surface area (Å²) in [6, 6.07) is 0.306. The van der Waals surface area contributed by atoms with E-state index in [1.165, 1.54) is 5.32 Å². The van der Waals surface area contributed by atoms with Crippen LogP contribution in [0.2, 0.25) is 0 Å². The van der Waals surface area contributed by atoms with E-state index in [0.29, 0.717) is 96.5 Å². The number of hydrogen-bond donors (Lipinski definition) is 5. The van der Waals surface area contributed by atoms with E-state index in [1.54, 1.807) is 10.9 Å². The zero-order chi connectivity index (χ0) is 63.2. The monoisotopic (exact) mass is 1290 g/mol. The zero-order valence-electron chi connectivity index (χ0n) is 47.6. The molecule has 5 amide bonds. The van der Waals surface area contributed by atoms with Gasteiger partial charge in [0.15, 0.2) is 0 Å². The number of hydrogen-bond acceptors (Lipinski definition) is 20. The number of unbranched alkanes of at least 4 members (excludes halogenated alkanes) is 1. The van der Waals surface area contributed by atoms with Gasteiger partial charge in [-0.3, -0.25) is 19.1 Å². The Morgan fingerprint density at radius 1 is 0.616 bits per heavy atom. The zero-order valence-corrected chi connectivity index (χ0v) is 48.4. The van der Waals surface area contributed by atoms with Crippen LogP contribution in [0, 0.1) is 0 Å². The average molecular weight is 1290 g/mol. The number of thioether (sulfide) groups is 1. The van der Waals surface area contributed by atoms with E-state index in [9.17, 15) is 67.5 Å². The highest BCUT2D eigenvalue weighted by Crippen LogP contribution is 2.49. The number of nitrogens with zero attached hydrogens (tertiary/aromatic N) is 3. The molecule has 2 saturated heterocycles. The molecule has 0 saturated carbocycles. The van der Waals surface area contributed by atoms with Crippen molar-refractivity contribution in [1.29, 1.82) is 0 Å². The lowest BCUT2D eigenvalue weighted by molar-refractivity contribution is -0.474. The molecule has 2 aliphatic rings. The first kappa shape index (κ1) is 76.1. The van der Waals surface area contributed by atoms with Gasteiger partial charge in [-0.05, 0) is 12.8 Å². The molecule has 0 bridgehead atoms. The summed E-state index contributed by atoms with van der Waals surface area (Å²) < 4.78 is 214. The van der Waals surface area contributed by atoms with Crippen LogP contribution in [-0.4, -0.2) is 263 Å². The predicted molar refractivity (Wildman–Crippen MR) is 278 cm³/mol. The van der Waals surface area contributed by atoms with E-state index >= 15 is 0 Å². The predicted octanol–water partition coefficient (Wildman–Crippen LogP) is 2.87. The Bertz CT molecular complexity index is 2030. The molecule has 25 nitrogen and oxygen atoms in total. The second-order valence-corrected chi connectivity index (χ2v) is 20.0. The molecule has 37 heteroatoms. The summed E-state index contributed by atoms with van der Waals surface area (Å²) in [5, 5.41) is 21.5. The summed E-state index contributed by atoms with van der Waals surface area (Å²) in [4.78, 5) is 47.6. The molecule has 1 aromatic heterocycles.